The minimum absolute atomic E-state index is 0.121. The molecular formula is C12H18N6O. The summed E-state index contributed by atoms with van der Waals surface area (Å²) in [7, 11) is 0. The number of hydrogen-bond acceptors (Lipinski definition) is 6. The second-order valence-electron chi connectivity index (χ2n) is 4.68. The molecule has 7 nitrogen and oxygen atoms in total. The van der Waals surface area contributed by atoms with Crippen LogP contribution in [0.1, 0.15) is 19.8 Å². The maximum Gasteiger partial charge on any atom is 0.226 e. The van der Waals surface area contributed by atoms with E-state index in [1.807, 2.05) is 6.92 Å². The fraction of sp³-hybridized carbons (Fsp3) is 0.583. The molecule has 2 aromatic heterocycles. The molecule has 3 N–H and O–H groups in total. The highest BCUT2D eigenvalue weighted by atomic mass is 16.3. The summed E-state index contributed by atoms with van der Waals surface area (Å²) in [6.07, 6.45) is 4.05. The molecule has 7 heteroatoms. The van der Waals surface area contributed by atoms with Gasteiger partial charge in [-0.1, -0.05) is 0 Å². The van der Waals surface area contributed by atoms with E-state index in [-0.39, 0.29) is 6.61 Å². The predicted molar refractivity (Wildman–Crippen MR) is 73.3 cm³/mol. The van der Waals surface area contributed by atoms with Gasteiger partial charge in [-0.3, -0.25) is 5.10 Å². The maximum absolute atomic E-state index is 9.25. The molecule has 0 aromatic carbocycles. The van der Waals surface area contributed by atoms with Crippen LogP contribution >= 0.6 is 0 Å². The van der Waals surface area contributed by atoms with Crippen molar-refractivity contribution in [2.24, 2.45) is 0 Å². The van der Waals surface area contributed by atoms with Gasteiger partial charge in [-0.15, -0.1) is 0 Å². The van der Waals surface area contributed by atoms with Crippen molar-refractivity contribution in [3.8, 4) is 0 Å². The number of rotatable bonds is 6. The molecule has 1 aliphatic rings. The van der Waals surface area contributed by atoms with E-state index in [1.165, 1.54) is 0 Å². The second-order valence-corrected chi connectivity index (χ2v) is 4.68. The molecule has 0 aliphatic heterocycles. The van der Waals surface area contributed by atoms with Crippen molar-refractivity contribution in [3.63, 3.8) is 0 Å². The summed E-state index contributed by atoms with van der Waals surface area (Å²) < 4.78 is 0. The van der Waals surface area contributed by atoms with Gasteiger partial charge < -0.3 is 15.3 Å². The van der Waals surface area contributed by atoms with Gasteiger partial charge in [0.05, 0.1) is 18.2 Å². The van der Waals surface area contributed by atoms with Gasteiger partial charge in [-0.2, -0.15) is 15.1 Å². The Hall–Kier alpha value is -1.89. The summed E-state index contributed by atoms with van der Waals surface area (Å²) >= 11 is 0. The zero-order chi connectivity index (χ0) is 13.2. The van der Waals surface area contributed by atoms with Gasteiger partial charge >= 0.3 is 0 Å². The Morgan fingerprint density at radius 3 is 3.00 bits per heavy atom. The first-order valence-electron chi connectivity index (χ1n) is 6.66. The molecule has 0 atom stereocenters. The number of aliphatic hydroxyl groups is 1. The lowest BCUT2D eigenvalue weighted by atomic mass is 10.3. The molecule has 19 heavy (non-hydrogen) atoms. The number of fused-ring (bicyclic) bond motifs is 1. The number of hydrogen-bond donors (Lipinski definition) is 3. The number of aromatic nitrogens is 4. The Kier molecular flexibility index (Phi) is 3.20. The summed E-state index contributed by atoms with van der Waals surface area (Å²) in [5.41, 5.74) is 0.726. The zero-order valence-electron chi connectivity index (χ0n) is 10.9. The molecular weight excluding hydrogens is 244 g/mol. The summed E-state index contributed by atoms with van der Waals surface area (Å²) in [6.45, 7) is 3.49. The lowest BCUT2D eigenvalue weighted by Crippen LogP contribution is -2.30. The second kappa shape index (κ2) is 5.00. The SMILES string of the molecule is CCNc1nc(N(CCO)C2CC2)c2cn[nH]c2n1. The van der Waals surface area contributed by atoms with Crippen LogP contribution in [0.5, 0.6) is 0 Å². The van der Waals surface area contributed by atoms with E-state index in [9.17, 15) is 5.11 Å². The van der Waals surface area contributed by atoms with Crippen LogP contribution in [-0.4, -0.2) is 51.0 Å². The first kappa shape index (κ1) is 12.2. The van der Waals surface area contributed by atoms with Crippen molar-refractivity contribution in [2.45, 2.75) is 25.8 Å². The summed E-state index contributed by atoms with van der Waals surface area (Å²) in [4.78, 5) is 11.1. The van der Waals surface area contributed by atoms with Crippen molar-refractivity contribution in [2.75, 3.05) is 29.9 Å². The molecule has 0 radical (unpaired) electrons. The number of nitrogens with one attached hydrogen (secondary N) is 2. The smallest absolute Gasteiger partial charge is 0.226 e. The van der Waals surface area contributed by atoms with E-state index in [1.54, 1.807) is 6.20 Å². The molecule has 0 amide bonds. The number of nitrogens with zero attached hydrogens (tertiary/aromatic N) is 4. The largest absolute Gasteiger partial charge is 0.395 e. The molecule has 0 unspecified atom stereocenters. The fourth-order valence-corrected chi connectivity index (χ4v) is 2.23. The van der Waals surface area contributed by atoms with Crippen molar-refractivity contribution >= 4 is 22.8 Å². The average Bonchev–Trinajstić information content (AvgIpc) is 3.13. The molecule has 0 spiro atoms. The van der Waals surface area contributed by atoms with Crippen molar-refractivity contribution in [1.29, 1.82) is 0 Å². The summed E-state index contributed by atoms with van der Waals surface area (Å²) in [5, 5.41) is 20.2. The summed E-state index contributed by atoms with van der Waals surface area (Å²) in [6, 6.07) is 0.481. The van der Waals surface area contributed by atoms with Crippen LogP contribution in [0.25, 0.3) is 11.0 Å². The molecule has 1 aliphatic carbocycles. The average molecular weight is 262 g/mol. The summed E-state index contributed by atoms with van der Waals surface area (Å²) in [5.74, 6) is 1.45. The predicted octanol–water partition coefficient (Wildman–Crippen LogP) is 0.746. The van der Waals surface area contributed by atoms with Gasteiger partial charge in [-0.25, -0.2) is 0 Å². The quantitative estimate of drug-likeness (QED) is 0.711. The van der Waals surface area contributed by atoms with Crippen molar-refractivity contribution in [1.82, 2.24) is 20.2 Å². The van der Waals surface area contributed by atoms with Crippen LogP contribution in [-0.2, 0) is 0 Å². The van der Waals surface area contributed by atoms with Crippen LogP contribution in [0.2, 0.25) is 0 Å². The van der Waals surface area contributed by atoms with Gasteiger partial charge in [0, 0.05) is 19.1 Å². The number of anilines is 2. The number of H-pyrrole nitrogens is 1. The Morgan fingerprint density at radius 1 is 1.47 bits per heavy atom. The highest BCUT2D eigenvalue weighted by molar-refractivity contribution is 5.87. The van der Waals surface area contributed by atoms with Gasteiger partial charge in [0.15, 0.2) is 5.65 Å². The van der Waals surface area contributed by atoms with E-state index in [2.05, 4.69) is 30.4 Å². The molecule has 3 rings (SSSR count). The molecule has 0 bridgehead atoms. The minimum Gasteiger partial charge on any atom is -0.395 e. The lowest BCUT2D eigenvalue weighted by Gasteiger charge is -2.23. The van der Waals surface area contributed by atoms with E-state index >= 15 is 0 Å². The van der Waals surface area contributed by atoms with Gasteiger partial charge in [0.2, 0.25) is 5.95 Å². The number of aliphatic hydroxyl groups excluding tert-OH is 1. The Labute approximate surface area is 111 Å². The Balaban J connectivity index is 2.05. The van der Waals surface area contributed by atoms with Gasteiger partial charge in [0.1, 0.15) is 5.82 Å². The van der Waals surface area contributed by atoms with Crippen molar-refractivity contribution < 1.29 is 5.11 Å². The molecule has 0 saturated heterocycles. The monoisotopic (exact) mass is 262 g/mol. The van der Waals surface area contributed by atoms with Crippen LogP contribution in [0.3, 0.4) is 0 Å². The standard InChI is InChI=1S/C12H18N6O/c1-2-13-12-15-10-9(7-14-17-10)11(16-12)18(5-6-19)8-3-4-8/h7-8,19H,2-6H2,1H3,(H2,13,14,15,16,17). The number of aromatic amines is 1. The Bertz CT molecular complexity index is 564. The normalized spacial score (nSPS) is 14.8. The van der Waals surface area contributed by atoms with E-state index in [4.69, 9.17) is 0 Å². The van der Waals surface area contributed by atoms with E-state index < -0.39 is 0 Å². The van der Waals surface area contributed by atoms with Crippen LogP contribution in [0.15, 0.2) is 6.20 Å². The molecule has 2 heterocycles. The Morgan fingerprint density at radius 2 is 2.32 bits per heavy atom. The third-order valence-corrected chi connectivity index (χ3v) is 3.23. The van der Waals surface area contributed by atoms with E-state index in [0.29, 0.717) is 18.5 Å². The molecule has 2 aromatic rings. The zero-order valence-corrected chi connectivity index (χ0v) is 10.9. The van der Waals surface area contributed by atoms with Crippen LogP contribution in [0.4, 0.5) is 11.8 Å². The molecule has 1 saturated carbocycles. The fourth-order valence-electron chi connectivity index (χ4n) is 2.23. The third-order valence-electron chi connectivity index (χ3n) is 3.23. The third kappa shape index (κ3) is 2.33. The minimum atomic E-state index is 0.121. The van der Waals surface area contributed by atoms with Crippen LogP contribution in [0, 0.1) is 0 Å². The molecule has 102 valence electrons. The first-order valence-corrected chi connectivity index (χ1v) is 6.66. The first-order chi connectivity index (χ1) is 9.33. The van der Waals surface area contributed by atoms with Gasteiger partial charge in [0.25, 0.3) is 0 Å². The van der Waals surface area contributed by atoms with Crippen LogP contribution < -0.4 is 10.2 Å². The highest BCUT2D eigenvalue weighted by Gasteiger charge is 2.31. The highest BCUT2D eigenvalue weighted by Crippen LogP contribution is 2.34. The lowest BCUT2D eigenvalue weighted by molar-refractivity contribution is 0.301. The van der Waals surface area contributed by atoms with Gasteiger partial charge in [-0.05, 0) is 19.8 Å². The maximum atomic E-state index is 9.25. The topological polar surface area (TPSA) is 90.0 Å². The van der Waals surface area contributed by atoms with E-state index in [0.717, 1.165) is 36.2 Å². The molecule has 1 fully saturated rings. The van der Waals surface area contributed by atoms with Crippen molar-refractivity contribution in [3.05, 3.63) is 6.20 Å².